The molecule has 186 valence electrons. The summed E-state index contributed by atoms with van der Waals surface area (Å²) in [6.45, 7) is 5.49. The number of ether oxygens (including phenoxy) is 2. The second kappa shape index (κ2) is 12.6. The van der Waals surface area contributed by atoms with Crippen LogP contribution >= 0.6 is 11.6 Å². The van der Waals surface area contributed by atoms with E-state index in [0.717, 1.165) is 82.0 Å². The fraction of sp³-hybridized carbons (Fsp3) is 0.640. The molecule has 2 aromatic rings. The Balaban J connectivity index is 1.34. The molecule has 1 saturated heterocycles. The quantitative estimate of drug-likeness (QED) is 0.453. The summed E-state index contributed by atoms with van der Waals surface area (Å²) in [5.74, 6) is 2.07. The first-order chi connectivity index (χ1) is 16.6. The van der Waals surface area contributed by atoms with Crippen LogP contribution in [0.2, 0.25) is 5.02 Å². The van der Waals surface area contributed by atoms with Gasteiger partial charge in [0, 0.05) is 56.8 Å². The number of halogens is 1. The van der Waals surface area contributed by atoms with Gasteiger partial charge in [0.1, 0.15) is 5.82 Å². The molecule has 0 spiro atoms. The second-order valence-electron chi connectivity index (χ2n) is 9.47. The third-order valence-corrected chi connectivity index (χ3v) is 6.96. The number of anilines is 2. The SMILES string of the molecule is COC[C@H](C)NC1CCC(Nc2ncc(Cl)c(-c3ccnc(NCC4CCOCC4)c3)n2)CC1. The summed E-state index contributed by atoms with van der Waals surface area (Å²) in [5, 5.41) is 11.2. The van der Waals surface area contributed by atoms with Gasteiger partial charge in [-0.1, -0.05) is 11.6 Å². The first kappa shape index (κ1) is 25.1. The van der Waals surface area contributed by atoms with E-state index in [4.69, 9.17) is 26.1 Å². The van der Waals surface area contributed by atoms with Gasteiger partial charge in [-0.05, 0) is 63.5 Å². The van der Waals surface area contributed by atoms with Crippen LogP contribution in [0.5, 0.6) is 0 Å². The van der Waals surface area contributed by atoms with Crippen LogP contribution in [0.25, 0.3) is 11.3 Å². The smallest absolute Gasteiger partial charge is 0.223 e. The fourth-order valence-electron chi connectivity index (χ4n) is 4.80. The van der Waals surface area contributed by atoms with E-state index < -0.39 is 0 Å². The van der Waals surface area contributed by atoms with Crippen molar-refractivity contribution in [2.24, 2.45) is 5.92 Å². The van der Waals surface area contributed by atoms with E-state index >= 15 is 0 Å². The highest BCUT2D eigenvalue weighted by Gasteiger charge is 2.23. The summed E-state index contributed by atoms with van der Waals surface area (Å²) in [6, 6.07) is 5.22. The monoisotopic (exact) mass is 488 g/mol. The van der Waals surface area contributed by atoms with Gasteiger partial charge in [-0.25, -0.2) is 15.0 Å². The zero-order chi connectivity index (χ0) is 23.8. The number of pyridine rings is 1. The minimum atomic E-state index is 0.360. The van der Waals surface area contributed by atoms with Gasteiger partial charge in [0.2, 0.25) is 5.95 Å². The first-order valence-corrected chi connectivity index (χ1v) is 12.8. The van der Waals surface area contributed by atoms with E-state index in [1.807, 2.05) is 12.1 Å². The number of hydrogen-bond acceptors (Lipinski definition) is 8. The zero-order valence-corrected chi connectivity index (χ0v) is 21.0. The summed E-state index contributed by atoms with van der Waals surface area (Å²) in [6.07, 6.45) is 10.1. The van der Waals surface area contributed by atoms with Crippen molar-refractivity contribution in [1.29, 1.82) is 0 Å². The van der Waals surface area contributed by atoms with E-state index in [0.29, 0.717) is 35.0 Å². The summed E-state index contributed by atoms with van der Waals surface area (Å²) >= 11 is 6.49. The number of nitrogens with zero attached hydrogens (tertiary/aromatic N) is 3. The van der Waals surface area contributed by atoms with E-state index in [1.54, 1.807) is 19.5 Å². The van der Waals surface area contributed by atoms with Crippen molar-refractivity contribution in [3.63, 3.8) is 0 Å². The lowest BCUT2D eigenvalue weighted by Gasteiger charge is -2.31. The molecule has 0 unspecified atom stereocenters. The lowest BCUT2D eigenvalue weighted by molar-refractivity contribution is 0.0699. The minimum absolute atomic E-state index is 0.360. The molecule has 2 aromatic heterocycles. The van der Waals surface area contributed by atoms with Gasteiger partial charge in [0.25, 0.3) is 0 Å². The standard InChI is InChI=1S/C25H37ClN6O2/c1-17(16-33-2)30-20-3-5-21(6-4-20)31-25-29-15-22(26)24(32-25)19-7-10-27-23(13-19)28-14-18-8-11-34-12-9-18/h7,10,13,15,17-18,20-21,30H,3-6,8-9,11-12,14,16H2,1-2H3,(H,27,28)(H,29,31,32)/t17-,20?,21?/m0/s1. The molecule has 3 heterocycles. The van der Waals surface area contributed by atoms with Gasteiger partial charge in [0.15, 0.2) is 0 Å². The normalized spacial score (nSPS) is 22.3. The van der Waals surface area contributed by atoms with Crippen LogP contribution in [0.15, 0.2) is 24.5 Å². The molecule has 4 rings (SSSR count). The molecular weight excluding hydrogens is 452 g/mol. The molecule has 1 aliphatic carbocycles. The van der Waals surface area contributed by atoms with Crippen LogP contribution in [-0.4, -0.2) is 66.6 Å². The minimum Gasteiger partial charge on any atom is -0.383 e. The Kier molecular flexibility index (Phi) is 9.33. The van der Waals surface area contributed by atoms with Gasteiger partial charge >= 0.3 is 0 Å². The summed E-state index contributed by atoms with van der Waals surface area (Å²) < 4.78 is 10.7. The molecule has 2 aliphatic rings. The molecule has 2 fully saturated rings. The predicted octanol–water partition coefficient (Wildman–Crippen LogP) is 4.38. The molecule has 1 saturated carbocycles. The van der Waals surface area contributed by atoms with Crippen molar-refractivity contribution in [1.82, 2.24) is 20.3 Å². The van der Waals surface area contributed by atoms with Crippen LogP contribution in [0, 0.1) is 5.92 Å². The highest BCUT2D eigenvalue weighted by atomic mass is 35.5. The maximum Gasteiger partial charge on any atom is 0.223 e. The third-order valence-electron chi connectivity index (χ3n) is 6.69. The molecule has 9 heteroatoms. The molecule has 0 aromatic carbocycles. The number of nitrogens with one attached hydrogen (secondary N) is 3. The Morgan fingerprint density at radius 3 is 2.65 bits per heavy atom. The van der Waals surface area contributed by atoms with Gasteiger partial charge in [-0.3, -0.25) is 0 Å². The van der Waals surface area contributed by atoms with Crippen molar-refractivity contribution in [3.8, 4) is 11.3 Å². The Morgan fingerprint density at radius 1 is 1.12 bits per heavy atom. The average Bonchev–Trinajstić information content (AvgIpc) is 2.86. The molecular formula is C25H37ClN6O2. The van der Waals surface area contributed by atoms with Crippen LogP contribution in [-0.2, 0) is 9.47 Å². The van der Waals surface area contributed by atoms with Crippen LogP contribution in [0.1, 0.15) is 45.4 Å². The maximum atomic E-state index is 6.49. The lowest BCUT2D eigenvalue weighted by Crippen LogP contribution is -2.43. The molecule has 0 amide bonds. The van der Waals surface area contributed by atoms with Crippen molar-refractivity contribution in [2.45, 2.75) is 63.6 Å². The number of aromatic nitrogens is 3. The maximum absolute atomic E-state index is 6.49. The summed E-state index contributed by atoms with van der Waals surface area (Å²) in [4.78, 5) is 13.7. The van der Waals surface area contributed by atoms with E-state index in [-0.39, 0.29) is 0 Å². The van der Waals surface area contributed by atoms with Crippen molar-refractivity contribution < 1.29 is 9.47 Å². The van der Waals surface area contributed by atoms with Gasteiger partial charge in [-0.2, -0.15) is 0 Å². The Labute approximate surface area is 207 Å². The van der Waals surface area contributed by atoms with Gasteiger partial charge in [0.05, 0.1) is 23.5 Å². The number of rotatable bonds is 10. The zero-order valence-electron chi connectivity index (χ0n) is 20.2. The van der Waals surface area contributed by atoms with Crippen LogP contribution in [0.4, 0.5) is 11.8 Å². The second-order valence-corrected chi connectivity index (χ2v) is 9.88. The third kappa shape index (κ3) is 7.25. The Hall–Kier alpha value is -2.00. The average molecular weight is 489 g/mol. The number of hydrogen-bond donors (Lipinski definition) is 3. The summed E-state index contributed by atoms with van der Waals surface area (Å²) in [7, 11) is 1.75. The molecule has 8 nitrogen and oxygen atoms in total. The molecule has 0 radical (unpaired) electrons. The highest BCUT2D eigenvalue weighted by molar-refractivity contribution is 6.32. The van der Waals surface area contributed by atoms with Crippen molar-refractivity contribution >= 4 is 23.4 Å². The van der Waals surface area contributed by atoms with Crippen molar-refractivity contribution in [3.05, 3.63) is 29.5 Å². The molecule has 34 heavy (non-hydrogen) atoms. The largest absolute Gasteiger partial charge is 0.383 e. The molecule has 0 bridgehead atoms. The van der Waals surface area contributed by atoms with Crippen molar-refractivity contribution in [2.75, 3.05) is 44.1 Å². The van der Waals surface area contributed by atoms with Crippen LogP contribution in [0.3, 0.4) is 0 Å². The van der Waals surface area contributed by atoms with E-state index in [9.17, 15) is 0 Å². The van der Waals surface area contributed by atoms with Gasteiger partial charge < -0.3 is 25.4 Å². The molecule has 3 N–H and O–H groups in total. The predicted molar refractivity (Wildman–Crippen MR) is 136 cm³/mol. The highest BCUT2D eigenvalue weighted by Crippen LogP contribution is 2.29. The Morgan fingerprint density at radius 2 is 1.88 bits per heavy atom. The lowest BCUT2D eigenvalue weighted by atomic mass is 9.91. The summed E-state index contributed by atoms with van der Waals surface area (Å²) in [5.41, 5.74) is 1.65. The number of methoxy groups -OCH3 is 1. The molecule has 1 aliphatic heterocycles. The first-order valence-electron chi connectivity index (χ1n) is 12.4. The molecule has 1 atom stereocenters. The van der Waals surface area contributed by atoms with E-state index in [2.05, 4.69) is 32.8 Å². The fourth-order valence-corrected chi connectivity index (χ4v) is 5.00. The van der Waals surface area contributed by atoms with Gasteiger partial charge in [-0.15, -0.1) is 0 Å². The Bertz CT molecular complexity index is 903. The van der Waals surface area contributed by atoms with Crippen LogP contribution < -0.4 is 16.0 Å². The topological polar surface area (TPSA) is 93.2 Å². The van der Waals surface area contributed by atoms with E-state index in [1.165, 1.54) is 0 Å².